The van der Waals surface area contributed by atoms with Crippen molar-refractivity contribution in [3.05, 3.63) is 29.8 Å². The van der Waals surface area contributed by atoms with Crippen molar-refractivity contribution in [3.8, 4) is 5.75 Å². The molecule has 0 aliphatic carbocycles. The van der Waals surface area contributed by atoms with Gasteiger partial charge in [-0.3, -0.25) is 4.79 Å². The molecule has 1 aromatic carbocycles. The molecule has 0 saturated carbocycles. The Morgan fingerprint density at radius 3 is 2.71 bits per heavy atom. The fourth-order valence-corrected chi connectivity index (χ4v) is 2.39. The number of tetrazole rings is 1. The zero-order valence-electron chi connectivity index (χ0n) is 12.1. The molecule has 0 aliphatic heterocycles. The molecule has 1 N–H and O–H groups in total. The maximum atomic E-state index is 12.0. The van der Waals surface area contributed by atoms with E-state index in [2.05, 4.69) is 20.8 Å². The first-order chi connectivity index (χ1) is 10.1. The van der Waals surface area contributed by atoms with Gasteiger partial charge in [-0.15, -0.1) is 5.10 Å². The van der Waals surface area contributed by atoms with Crippen molar-refractivity contribution in [2.24, 2.45) is 7.05 Å². The summed E-state index contributed by atoms with van der Waals surface area (Å²) in [6, 6.07) is 7.57. The van der Waals surface area contributed by atoms with Crippen LogP contribution in [0.1, 0.15) is 12.5 Å². The van der Waals surface area contributed by atoms with Crippen molar-refractivity contribution in [2.45, 2.75) is 23.9 Å². The summed E-state index contributed by atoms with van der Waals surface area (Å²) in [5, 5.41) is 14.4. The fraction of sp³-hybridized carbons (Fsp3) is 0.385. The van der Waals surface area contributed by atoms with E-state index in [0.717, 1.165) is 11.3 Å². The molecule has 7 nitrogen and oxygen atoms in total. The number of methoxy groups -OCH3 is 1. The number of carbonyl (C=O) groups excluding carboxylic acids is 1. The average molecular weight is 307 g/mol. The highest BCUT2D eigenvalue weighted by molar-refractivity contribution is 8.00. The van der Waals surface area contributed by atoms with Crippen molar-refractivity contribution >= 4 is 17.7 Å². The van der Waals surface area contributed by atoms with Crippen LogP contribution in [0.4, 0.5) is 0 Å². The van der Waals surface area contributed by atoms with Crippen LogP contribution in [-0.2, 0) is 18.4 Å². The van der Waals surface area contributed by atoms with Gasteiger partial charge in [-0.25, -0.2) is 4.68 Å². The number of nitrogens with one attached hydrogen (secondary N) is 1. The second-order valence-electron chi connectivity index (χ2n) is 4.41. The van der Waals surface area contributed by atoms with Gasteiger partial charge in [-0.05, 0) is 35.0 Å². The molecule has 0 unspecified atom stereocenters. The van der Waals surface area contributed by atoms with E-state index in [0.29, 0.717) is 11.7 Å². The summed E-state index contributed by atoms with van der Waals surface area (Å²) >= 11 is 1.32. The van der Waals surface area contributed by atoms with Crippen molar-refractivity contribution < 1.29 is 9.53 Å². The number of rotatable bonds is 6. The van der Waals surface area contributed by atoms with Crippen LogP contribution in [0.25, 0.3) is 0 Å². The molecule has 1 atom stereocenters. The number of hydrogen-bond acceptors (Lipinski definition) is 6. The third-order valence-corrected chi connectivity index (χ3v) is 3.98. The zero-order valence-corrected chi connectivity index (χ0v) is 12.9. The van der Waals surface area contributed by atoms with Crippen LogP contribution < -0.4 is 10.1 Å². The summed E-state index contributed by atoms with van der Waals surface area (Å²) in [5.74, 6) is 0.739. The summed E-state index contributed by atoms with van der Waals surface area (Å²) in [7, 11) is 3.36. The van der Waals surface area contributed by atoms with Crippen molar-refractivity contribution in [2.75, 3.05) is 7.11 Å². The predicted molar refractivity (Wildman–Crippen MR) is 79.0 cm³/mol. The second kappa shape index (κ2) is 7.07. The molecule has 1 heterocycles. The molecule has 112 valence electrons. The van der Waals surface area contributed by atoms with Gasteiger partial charge in [-0.2, -0.15) is 0 Å². The van der Waals surface area contributed by atoms with Crippen LogP contribution >= 0.6 is 11.8 Å². The van der Waals surface area contributed by atoms with E-state index in [1.807, 2.05) is 31.2 Å². The molecule has 0 bridgehead atoms. The fourth-order valence-electron chi connectivity index (χ4n) is 1.61. The van der Waals surface area contributed by atoms with Crippen LogP contribution in [0.15, 0.2) is 29.4 Å². The second-order valence-corrected chi connectivity index (χ2v) is 5.72. The first kappa shape index (κ1) is 15.3. The lowest BCUT2D eigenvalue weighted by atomic mass is 10.2. The van der Waals surface area contributed by atoms with Gasteiger partial charge >= 0.3 is 0 Å². The van der Waals surface area contributed by atoms with Gasteiger partial charge in [0.05, 0.1) is 12.4 Å². The minimum absolute atomic E-state index is 0.0566. The molecule has 2 aromatic rings. The number of ether oxygens (including phenoxy) is 1. The van der Waals surface area contributed by atoms with Crippen LogP contribution in [-0.4, -0.2) is 38.5 Å². The van der Waals surface area contributed by atoms with Crippen molar-refractivity contribution in [1.29, 1.82) is 0 Å². The van der Waals surface area contributed by atoms with Crippen LogP contribution in [0, 0.1) is 0 Å². The average Bonchev–Trinajstić information content (AvgIpc) is 2.90. The Morgan fingerprint density at radius 1 is 1.43 bits per heavy atom. The van der Waals surface area contributed by atoms with E-state index in [1.165, 1.54) is 16.4 Å². The van der Waals surface area contributed by atoms with E-state index in [9.17, 15) is 4.79 Å². The van der Waals surface area contributed by atoms with E-state index < -0.39 is 0 Å². The minimum atomic E-state index is -0.270. The number of aromatic nitrogens is 4. The lowest BCUT2D eigenvalue weighted by Crippen LogP contribution is -2.30. The summed E-state index contributed by atoms with van der Waals surface area (Å²) in [6.07, 6.45) is 0. The van der Waals surface area contributed by atoms with Gasteiger partial charge in [0.2, 0.25) is 11.1 Å². The highest BCUT2D eigenvalue weighted by Crippen LogP contribution is 2.19. The smallest absolute Gasteiger partial charge is 0.233 e. The monoisotopic (exact) mass is 307 g/mol. The van der Waals surface area contributed by atoms with E-state index in [4.69, 9.17) is 4.74 Å². The molecular formula is C13H17N5O2S. The topological polar surface area (TPSA) is 81.9 Å². The number of aryl methyl sites for hydroxylation is 1. The first-order valence-corrected chi connectivity index (χ1v) is 7.27. The molecule has 0 radical (unpaired) electrons. The van der Waals surface area contributed by atoms with Gasteiger partial charge in [0.25, 0.3) is 0 Å². The number of nitrogens with zero attached hydrogens (tertiary/aromatic N) is 4. The number of amides is 1. The summed E-state index contributed by atoms with van der Waals surface area (Å²) < 4.78 is 6.63. The largest absolute Gasteiger partial charge is 0.497 e. The highest BCUT2D eigenvalue weighted by Gasteiger charge is 2.17. The molecule has 0 fully saturated rings. The van der Waals surface area contributed by atoms with Gasteiger partial charge in [0.15, 0.2) is 0 Å². The summed E-state index contributed by atoms with van der Waals surface area (Å²) in [6.45, 7) is 2.30. The van der Waals surface area contributed by atoms with Crippen molar-refractivity contribution in [1.82, 2.24) is 25.5 Å². The quantitative estimate of drug-likeness (QED) is 0.802. The maximum absolute atomic E-state index is 12.0. The Hall–Kier alpha value is -2.09. The standard InChI is InChI=1S/C13H17N5O2S/c1-9(21-13-15-16-17-18(13)2)12(19)14-8-10-4-6-11(20-3)7-5-10/h4-7,9H,8H2,1-3H3,(H,14,19)/t9-/m0/s1. The van der Waals surface area contributed by atoms with Gasteiger partial charge < -0.3 is 10.1 Å². The molecule has 21 heavy (non-hydrogen) atoms. The maximum Gasteiger partial charge on any atom is 0.233 e. The van der Waals surface area contributed by atoms with E-state index in [1.54, 1.807) is 14.2 Å². The Kier molecular flexibility index (Phi) is 5.15. The van der Waals surface area contributed by atoms with Crippen molar-refractivity contribution in [3.63, 3.8) is 0 Å². The Morgan fingerprint density at radius 2 is 2.14 bits per heavy atom. The molecule has 0 saturated heterocycles. The molecule has 8 heteroatoms. The number of hydrogen-bond donors (Lipinski definition) is 1. The SMILES string of the molecule is COc1ccc(CNC(=O)[C@H](C)Sc2nnnn2C)cc1. The molecule has 1 aromatic heterocycles. The number of thioether (sulfide) groups is 1. The van der Waals surface area contributed by atoms with E-state index >= 15 is 0 Å². The molecular weight excluding hydrogens is 290 g/mol. The van der Waals surface area contributed by atoms with E-state index in [-0.39, 0.29) is 11.2 Å². The van der Waals surface area contributed by atoms with Gasteiger partial charge in [-0.1, -0.05) is 23.9 Å². The van der Waals surface area contributed by atoms with Gasteiger partial charge in [0, 0.05) is 13.6 Å². The van der Waals surface area contributed by atoms with Gasteiger partial charge in [0.1, 0.15) is 5.75 Å². The van der Waals surface area contributed by atoms with Crippen LogP contribution in [0.5, 0.6) is 5.75 Å². The normalized spacial score (nSPS) is 12.0. The third-order valence-electron chi connectivity index (χ3n) is 2.86. The lowest BCUT2D eigenvalue weighted by molar-refractivity contribution is -0.120. The molecule has 0 aliphatic rings. The minimum Gasteiger partial charge on any atom is -0.497 e. The summed E-state index contributed by atoms with van der Waals surface area (Å²) in [4.78, 5) is 12.0. The molecule has 2 rings (SSSR count). The Balaban J connectivity index is 1.84. The lowest BCUT2D eigenvalue weighted by Gasteiger charge is -2.11. The van der Waals surface area contributed by atoms with Crippen LogP contribution in [0.3, 0.4) is 0 Å². The molecule has 1 amide bonds. The Bertz CT molecular complexity index is 599. The third kappa shape index (κ3) is 4.19. The highest BCUT2D eigenvalue weighted by atomic mass is 32.2. The number of carbonyl (C=O) groups is 1. The number of benzene rings is 1. The zero-order chi connectivity index (χ0) is 15.2. The first-order valence-electron chi connectivity index (χ1n) is 6.40. The Labute approximate surface area is 127 Å². The predicted octanol–water partition coefficient (Wildman–Crippen LogP) is 1.02. The summed E-state index contributed by atoms with van der Waals surface area (Å²) in [5.41, 5.74) is 1.02. The molecule has 0 spiro atoms. The van der Waals surface area contributed by atoms with Crippen LogP contribution in [0.2, 0.25) is 0 Å².